The van der Waals surface area contributed by atoms with E-state index in [1.165, 1.54) is 0 Å². The third-order valence-corrected chi connectivity index (χ3v) is 0.365. The fraction of sp³-hybridized carbons (Fsp3) is 0. The van der Waals surface area contributed by atoms with Crippen LogP contribution >= 0.6 is 0 Å². The van der Waals surface area contributed by atoms with Gasteiger partial charge in [0.25, 0.3) is 0 Å². The van der Waals surface area contributed by atoms with E-state index in [1.54, 1.807) is 0 Å². The molecule has 0 saturated heterocycles. The second kappa shape index (κ2) is 13.3. The van der Waals surface area contributed by atoms with E-state index in [2.05, 4.69) is 8.67 Å². The minimum absolute atomic E-state index is 0. The summed E-state index contributed by atoms with van der Waals surface area (Å²) in [6, 6.07) is 0. The molecule has 0 aliphatic heterocycles. The van der Waals surface area contributed by atoms with Crippen LogP contribution in [-0.4, -0.2) is 28.0 Å². The van der Waals surface area contributed by atoms with Gasteiger partial charge in [-0.3, -0.25) is 0 Å². The van der Waals surface area contributed by atoms with Crippen molar-refractivity contribution in [2.75, 3.05) is 0 Å². The van der Waals surface area contributed by atoms with Crippen molar-refractivity contribution >= 4 is 22.7 Å². The Hall–Kier alpha value is 0.748. The van der Waals surface area contributed by atoms with Gasteiger partial charge >= 0.3 is 21.1 Å². The van der Waals surface area contributed by atoms with Crippen LogP contribution in [0.25, 0.3) is 0 Å². The zero-order chi connectivity index (χ0) is 8.57. The molecule has 0 saturated carbocycles. The Bertz CT molecular complexity index is 96.7. The van der Waals surface area contributed by atoms with E-state index in [4.69, 9.17) is 28.0 Å². The van der Waals surface area contributed by atoms with E-state index in [0.29, 0.717) is 0 Å². The summed E-state index contributed by atoms with van der Waals surface area (Å²) in [4.78, 5) is 0. The first kappa shape index (κ1) is 17.7. The molecule has 0 rings (SSSR count). The standard InChI is InChI=1S/2H2O4S.Pt/c2*1-4-5(2)3;/h2*1H,(H,2,3);/q;;+2/p-2. The Morgan fingerprint density at radius 1 is 1.00 bits per heavy atom. The van der Waals surface area contributed by atoms with E-state index in [9.17, 15) is 0 Å². The van der Waals surface area contributed by atoms with Gasteiger partial charge in [0.2, 0.25) is 0 Å². The maximum absolute atomic E-state index is 8.90. The van der Waals surface area contributed by atoms with E-state index < -0.39 is 22.7 Å². The Kier molecular flexibility index (Phi) is 21.5. The molecule has 0 fully saturated rings. The summed E-state index contributed by atoms with van der Waals surface area (Å²) in [5.74, 6) is 0. The van der Waals surface area contributed by atoms with Gasteiger partial charge in [0, 0.05) is 0 Å². The van der Waals surface area contributed by atoms with Gasteiger partial charge in [-0.2, -0.15) is 0 Å². The SMILES string of the molecule is O=S([O-])OO.O=S([O-])OO.[Pt+2]. The number of hydrogen-bond acceptors (Lipinski definition) is 8. The molecular formula is H2O8PtS2. The minimum atomic E-state index is -2.77. The van der Waals surface area contributed by atoms with E-state index >= 15 is 0 Å². The van der Waals surface area contributed by atoms with E-state index in [1.807, 2.05) is 0 Å². The fourth-order valence-electron chi connectivity index (χ4n) is 0. The molecule has 0 amide bonds. The number of hydrogen-bond donors (Lipinski definition) is 2. The van der Waals surface area contributed by atoms with Crippen LogP contribution in [0.15, 0.2) is 0 Å². The zero-order valence-corrected chi connectivity index (χ0v) is 8.38. The molecule has 0 bridgehead atoms. The molecule has 0 aromatic rings. The van der Waals surface area contributed by atoms with Crippen LogP contribution in [-0.2, 0) is 52.5 Å². The maximum Gasteiger partial charge on any atom is 2.00 e. The van der Waals surface area contributed by atoms with Crippen LogP contribution in [0.5, 0.6) is 0 Å². The van der Waals surface area contributed by atoms with Gasteiger partial charge in [0.1, 0.15) is 22.7 Å². The van der Waals surface area contributed by atoms with Crippen LogP contribution in [0.2, 0.25) is 0 Å². The smallest absolute Gasteiger partial charge is 0.748 e. The maximum atomic E-state index is 8.90. The fourth-order valence-corrected chi connectivity index (χ4v) is 0. The molecule has 2 atom stereocenters. The van der Waals surface area contributed by atoms with Gasteiger partial charge in [0.05, 0.1) is 0 Å². The van der Waals surface area contributed by atoms with Crippen molar-refractivity contribution in [2.24, 2.45) is 0 Å². The molecule has 0 aliphatic carbocycles. The first-order chi connectivity index (χ1) is 4.54. The van der Waals surface area contributed by atoms with Gasteiger partial charge in [-0.15, -0.1) is 8.67 Å². The van der Waals surface area contributed by atoms with Gasteiger partial charge in [-0.05, 0) is 0 Å². The summed E-state index contributed by atoms with van der Waals surface area (Å²) in [7, 11) is 0. The molecule has 11 heavy (non-hydrogen) atoms. The molecule has 72 valence electrons. The van der Waals surface area contributed by atoms with Crippen molar-refractivity contribution < 1.29 is 57.8 Å². The predicted molar refractivity (Wildman–Crippen MR) is 25.3 cm³/mol. The Labute approximate surface area is 80.6 Å². The van der Waals surface area contributed by atoms with E-state index in [0.717, 1.165) is 0 Å². The van der Waals surface area contributed by atoms with Crippen LogP contribution in [0.3, 0.4) is 0 Å². The molecular weight excluding hydrogens is 387 g/mol. The van der Waals surface area contributed by atoms with Crippen molar-refractivity contribution in [3.63, 3.8) is 0 Å². The molecule has 2 N–H and O–H groups in total. The molecule has 0 aromatic carbocycles. The van der Waals surface area contributed by atoms with Crippen molar-refractivity contribution in [3.05, 3.63) is 0 Å². The van der Waals surface area contributed by atoms with E-state index in [-0.39, 0.29) is 21.1 Å². The monoisotopic (exact) mass is 389 g/mol. The van der Waals surface area contributed by atoms with Crippen LogP contribution < -0.4 is 0 Å². The van der Waals surface area contributed by atoms with Crippen molar-refractivity contribution in [3.8, 4) is 0 Å². The topological polar surface area (TPSA) is 139 Å². The molecule has 2 unspecified atom stereocenters. The van der Waals surface area contributed by atoms with Crippen LogP contribution in [0, 0.1) is 0 Å². The first-order valence-electron chi connectivity index (χ1n) is 1.37. The number of rotatable bonds is 2. The van der Waals surface area contributed by atoms with Crippen molar-refractivity contribution in [2.45, 2.75) is 0 Å². The summed E-state index contributed by atoms with van der Waals surface area (Å²) in [6.07, 6.45) is 0. The average molecular weight is 389 g/mol. The normalized spacial score (nSPS) is 13.5. The van der Waals surface area contributed by atoms with Crippen molar-refractivity contribution in [1.82, 2.24) is 0 Å². The third-order valence-electron chi connectivity index (χ3n) is 0.122. The summed E-state index contributed by atoms with van der Waals surface area (Å²) in [5, 5.41) is 14.1. The second-order valence-electron chi connectivity index (χ2n) is 0.557. The van der Waals surface area contributed by atoms with Gasteiger partial charge < -0.3 is 9.11 Å². The largest absolute Gasteiger partial charge is 2.00 e. The summed E-state index contributed by atoms with van der Waals surface area (Å²) < 4.78 is 40.9. The summed E-state index contributed by atoms with van der Waals surface area (Å²) in [6.45, 7) is 0. The molecule has 11 heteroatoms. The molecule has 0 spiro atoms. The molecule has 0 aromatic heterocycles. The average Bonchev–Trinajstić information content (AvgIpc) is 1.89. The zero-order valence-electron chi connectivity index (χ0n) is 4.48. The Morgan fingerprint density at radius 2 is 1.09 bits per heavy atom. The van der Waals surface area contributed by atoms with Crippen LogP contribution in [0.4, 0.5) is 0 Å². The predicted octanol–water partition coefficient (Wildman–Crippen LogP) is -1.46. The molecule has 8 nitrogen and oxygen atoms in total. The summed E-state index contributed by atoms with van der Waals surface area (Å²) >= 11 is -5.53. The molecule has 0 aliphatic rings. The van der Waals surface area contributed by atoms with Gasteiger partial charge in [-0.1, -0.05) is 0 Å². The Morgan fingerprint density at radius 3 is 1.09 bits per heavy atom. The van der Waals surface area contributed by atoms with Crippen LogP contribution in [0.1, 0.15) is 0 Å². The molecule has 0 radical (unpaired) electrons. The third kappa shape index (κ3) is 36.5. The second-order valence-corrected chi connectivity index (χ2v) is 1.67. The quantitative estimate of drug-likeness (QED) is 0.332. The van der Waals surface area contributed by atoms with Crippen molar-refractivity contribution in [1.29, 1.82) is 0 Å². The minimum Gasteiger partial charge on any atom is -0.748 e. The Balaban J connectivity index is -0.000000107. The first-order valence-corrected chi connectivity index (χ1v) is 3.37. The van der Waals surface area contributed by atoms with Gasteiger partial charge in [0.15, 0.2) is 0 Å². The van der Waals surface area contributed by atoms with Gasteiger partial charge in [-0.25, -0.2) is 18.9 Å². The molecule has 0 heterocycles. The summed E-state index contributed by atoms with van der Waals surface area (Å²) in [5.41, 5.74) is 0.